The lowest BCUT2D eigenvalue weighted by Crippen LogP contribution is -2.39. The highest BCUT2D eigenvalue weighted by atomic mass is 19.1. The van der Waals surface area contributed by atoms with Crippen LogP contribution in [0.25, 0.3) is 0 Å². The molecule has 0 saturated carbocycles. The van der Waals surface area contributed by atoms with E-state index in [9.17, 15) is 4.39 Å². The quantitative estimate of drug-likeness (QED) is 0.608. The molecule has 0 bridgehead atoms. The molecule has 26 heavy (non-hydrogen) atoms. The first-order valence-corrected chi connectivity index (χ1v) is 8.79. The van der Waals surface area contributed by atoms with Gasteiger partial charge in [-0.1, -0.05) is 12.1 Å². The van der Waals surface area contributed by atoms with Crippen molar-refractivity contribution >= 4 is 5.96 Å². The summed E-state index contributed by atoms with van der Waals surface area (Å²) in [6, 6.07) is 6.80. The Morgan fingerprint density at radius 1 is 1.35 bits per heavy atom. The Hall–Kier alpha value is -2.41. The van der Waals surface area contributed by atoms with Gasteiger partial charge in [-0.3, -0.25) is 9.67 Å². The van der Waals surface area contributed by atoms with E-state index in [1.165, 1.54) is 6.07 Å². The van der Waals surface area contributed by atoms with Gasteiger partial charge in [0.15, 0.2) is 5.96 Å². The molecule has 0 amide bonds. The van der Waals surface area contributed by atoms with Crippen molar-refractivity contribution < 1.29 is 4.39 Å². The molecule has 0 aliphatic heterocycles. The van der Waals surface area contributed by atoms with Crippen LogP contribution in [0.5, 0.6) is 0 Å². The average Bonchev–Trinajstić information content (AvgIpc) is 3.00. The van der Waals surface area contributed by atoms with Crippen LogP contribution in [-0.2, 0) is 13.6 Å². The summed E-state index contributed by atoms with van der Waals surface area (Å²) in [5.74, 6) is 0.578. The minimum atomic E-state index is -0.220. The Morgan fingerprint density at radius 2 is 2.12 bits per heavy atom. The lowest BCUT2D eigenvalue weighted by Gasteiger charge is -2.25. The van der Waals surface area contributed by atoms with Crippen LogP contribution in [0.2, 0.25) is 0 Å². The molecular weight excluding hydrogens is 331 g/mol. The Balaban J connectivity index is 2.13. The average molecular weight is 360 g/mol. The summed E-state index contributed by atoms with van der Waals surface area (Å²) in [6.45, 7) is 4.00. The molecule has 1 heterocycles. The Morgan fingerprint density at radius 3 is 2.69 bits per heavy atom. The van der Waals surface area contributed by atoms with Crippen LogP contribution in [0.4, 0.5) is 4.39 Å². The molecular formula is C19H29FN6. The minimum Gasteiger partial charge on any atom is -0.357 e. The molecule has 0 saturated heterocycles. The normalized spacial score (nSPS) is 13.1. The van der Waals surface area contributed by atoms with Crippen LogP contribution < -0.4 is 5.32 Å². The van der Waals surface area contributed by atoms with E-state index >= 15 is 0 Å². The zero-order valence-electron chi connectivity index (χ0n) is 16.3. The number of benzene rings is 1. The van der Waals surface area contributed by atoms with Crippen molar-refractivity contribution in [3.05, 3.63) is 53.6 Å². The maximum atomic E-state index is 13.4. The van der Waals surface area contributed by atoms with Crippen molar-refractivity contribution in [2.24, 2.45) is 12.0 Å². The first kappa shape index (κ1) is 19.9. The summed E-state index contributed by atoms with van der Waals surface area (Å²) in [5.41, 5.74) is 2.04. The van der Waals surface area contributed by atoms with Crippen molar-refractivity contribution in [3.63, 3.8) is 0 Å². The zero-order chi connectivity index (χ0) is 19.1. The van der Waals surface area contributed by atoms with Gasteiger partial charge in [-0.15, -0.1) is 0 Å². The molecule has 1 aromatic carbocycles. The van der Waals surface area contributed by atoms with Gasteiger partial charge in [0.25, 0.3) is 0 Å². The number of rotatable bonds is 7. The van der Waals surface area contributed by atoms with E-state index in [0.717, 1.165) is 23.6 Å². The zero-order valence-corrected chi connectivity index (χ0v) is 16.3. The highest BCUT2D eigenvalue weighted by molar-refractivity contribution is 5.79. The van der Waals surface area contributed by atoms with Gasteiger partial charge >= 0.3 is 0 Å². The van der Waals surface area contributed by atoms with Crippen molar-refractivity contribution in [3.8, 4) is 0 Å². The molecule has 0 aliphatic carbocycles. The number of aryl methyl sites for hydroxylation is 1. The standard InChI is InChI=1S/C19H29FN6/c1-6-21-19(25(4)13-15-8-7-9-17(20)10-15)22-12-18(24(2)3)16-11-23-26(5)14-16/h7-11,14,18H,6,12-13H2,1-5H3,(H,21,22). The van der Waals surface area contributed by atoms with Crippen molar-refractivity contribution in [2.45, 2.75) is 19.5 Å². The molecule has 0 radical (unpaired) electrons. The number of nitrogens with one attached hydrogen (secondary N) is 1. The highest BCUT2D eigenvalue weighted by Crippen LogP contribution is 2.18. The highest BCUT2D eigenvalue weighted by Gasteiger charge is 2.16. The summed E-state index contributed by atoms with van der Waals surface area (Å²) in [5, 5.41) is 7.57. The van der Waals surface area contributed by atoms with Gasteiger partial charge in [0, 0.05) is 38.9 Å². The molecule has 1 atom stereocenters. The van der Waals surface area contributed by atoms with E-state index in [0.29, 0.717) is 13.1 Å². The van der Waals surface area contributed by atoms with E-state index < -0.39 is 0 Å². The number of guanidine groups is 1. The van der Waals surface area contributed by atoms with Crippen LogP contribution in [0, 0.1) is 5.82 Å². The molecule has 1 aromatic heterocycles. The number of likely N-dealkylation sites (N-methyl/N-ethyl adjacent to an activating group) is 1. The minimum absolute atomic E-state index is 0.139. The number of hydrogen-bond acceptors (Lipinski definition) is 3. The molecule has 2 aromatic rings. The molecule has 6 nitrogen and oxygen atoms in total. The van der Waals surface area contributed by atoms with Crippen molar-refractivity contribution in [1.29, 1.82) is 0 Å². The third-order valence-corrected chi connectivity index (χ3v) is 4.15. The topological polar surface area (TPSA) is 48.7 Å². The van der Waals surface area contributed by atoms with E-state index in [4.69, 9.17) is 4.99 Å². The number of hydrogen-bond donors (Lipinski definition) is 1. The Kier molecular flexibility index (Phi) is 7.15. The SMILES string of the molecule is CCNC(=NCC(c1cnn(C)c1)N(C)C)N(C)Cc1cccc(F)c1. The molecule has 7 heteroatoms. The summed E-state index contributed by atoms with van der Waals surface area (Å²) in [6.07, 6.45) is 3.90. The van der Waals surface area contributed by atoms with Gasteiger partial charge in [0.2, 0.25) is 0 Å². The van der Waals surface area contributed by atoms with Gasteiger partial charge < -0.3 is 15.1 Å². The number of aliphatic imine (C=N–C) groups is 1. The van der Waals surface area contributed by atoms with E-state index in [-0.39, 0.29) is 11.9 Å². The summed E-state index contributed by atoms with van der Waals surface area (Å²) < 4.78 is 15.2. The molecule has 1 unspecified atom stereocenters. The summed E-state index contributed by atoms with van der Waals surface area (Å²) in [4.78, 5) is 8.94. The second kappa shape index (κ2) is 9.33. The molecule has 2 rings (SSSR count). The van der Waals surface area contributed by atoms with Crippen LogP contribution in [0.1, 0.15) is 24.1 Å². The van der Waals surface area contributed by atoms with Crippen LogP contribution in [0.15, 0.2) is 41.7 Å². The van der Waals surface area contributed by atoms with E-state index in [2.05, 4.69) is 15.3 Å². The van der Waals surface area contributed by atoms with E-state index in [1.54, 1.807) is 16.8 Å². The lowest BCUT2D eigenvalue weighted by atomic mass is 10.1. The second-order valence-corrected chi connectivity index (χ2v) is 6.61. The van der Waals surface area contributed by atoms with Gasteiger partial charge in [0.1, 0.15) is 5.82 Å². The molecule has 0 spiro atoms. The third kappa shape index (κ3) is 5.56. The molecule has 0 aliphatic rings. The molecule has 142 valence electrons. The van der Waals surface area contributed by atoms with Crippen molar-refractivity contribution in [2.75, 3.05) is 34.2 Å². The third-order valence-electron chi connectivity index (χ3n) is 4.15. The van der Waals surface area contributed by atoms with Gasteiger partial charge in [-0.05, 0) is 38.7 Å². The van der Waals surface area contributed by atoms with Crippen LogP contribution in [-0.4, -0.2) is 59.8 Å². The predicted octanol–water partition coefficient (Wildman–Crippen LogP) is 2.26. The first-order chi connectivity index (χ1) is 12.4. The maximum absolute atomic E-state index is 13.4. The largest absolute Gasteiger partial charge is 0.357 e. The second-order valence-electron chi connectivity index (χ2n) is 6.61. The fraction of sp³-hybridized carbons (Fsp3) is 0.474. The number of aromatic nitrogens is 2. The molecule has 1 N–H and O–H groups in total. The number of halogens is 1. The van der Waals surface area contributed by atoms with Gasteiger partial charge in [-0.2, -0.15) is 5.10 Å². The fourth-order valence-corrected chi connectivity index (χ4v) is 2.81. The Labute approximate surface area is 155 Å². The van der Waals surface area contributed by atoms with Crippen LogP contribution >= 0.6 is 0 Å². The molecule has 0 fully saturated rings. The fourth-order valence-electron chi connectivity index (χ4n) is 2.81. The van der Waals surface area contributed by atoms with Gasteiger partial charge in [0.05, 0.1) is 18.8 Å². The van der Waals surface area contributed by atoms with Crippen molar-refractivity contribution in [1.82, 2.24) is 24.9 Å². The monoisotopic (exact) mass is 360 g/mol. The lowest BCUT2D eigenvalue weighted by molar-refractivity contribution is 0.305. The summed E-state index contributed by atoms with van der Waals surface area (Å²) >= 11 is 0. The summed E-state index contributed by atoms with van der Waals surface area (Å²) in [7, 11) is 7.95. The number of nitrogens with zero attached hydrogens (tertiary/aromatic N) is 5. The smallest absolute Gasteiger partial charge is 0.194 e. The predicted molar refractivity (Wildman–Crippen MR) is 103 cm³/mol. The van der Waals surface area contributed by atoms with E-state index in [1.807, 2.05) is 58.5 Å². The maximum Gasteiger partial charge on any atom is 0.194 e. The first-order valence-electron chi connectivity index (χ1n) is 8.79. The van der Waals surface area contributed by atoms with Crippen LogP contribution in [0.3, 0.4) is 0 Å². The Bertz CT molecular complexity index is 724. The van der Waals surface area contributed by atoms with Gasteiger partial charge in [-0.25, -0.2) is 4.39 Å².